The van der Waals surface area contributed by atoms with Gasteiger partial charge in [0, 0.05) is 17.8 Å². The lowest BCUT2D eigenvalue weighted by Gasteiger charge is -2.15. The van der Waals surface area contributed by atoms with Gasteiger partial charge in [0.1, 0.15) is 18.5 Å². The van der Waals surface area contributed by atoms with Gasteiger partial charge in [-0.2, -0.15) is 5.10 Å². The maximum absolute atomic E-state index is 10.1. The Balaban J connectivity index is 1.96. The number of aliphatic hydroxyl groups excluding tert-OH is 1. The molecule has 0 radical (unpaired) electrons. The summed E-state index contributed by atoms with van der Waals surface area (Å²) in [7, 11) is 0. The Morgan fingerprint density at radius 3 is 2.62 bits per heavy atom. The van der Waals surface area contributed by atoms with E-state index in [0.29, 0.717) is 13.1 Å². The van der Waals surface area contributed by atoms with Crippen LogP contribution in [0.5, 0.6) is 5.75 Å². The minimum atomic E-state index is -0.617. The molecule has 114 valence electrons. The number of aliphatic hydroxyl groups is 1. The highest BCUT2D eigenvalue weighted by Crippen LogP contribution is 2.17. The van der Waals surface area contributed by atoms with Crippen LogP contribution in [0.3, 0.4) is 0 Å². The van der Waals surface area contributed by atoms with Crippen molar-refractivity contribution >= 4 is 0 Å². The quantitative estimate of drug-likeness (QED) is 0.849. The summed E-state index contributed by atoms with van der Waals surface area (Å²) in [6, 6.07) is 7.60. The van der Waals surface area contributed by atoms with E-state index in [1.165, 1.54) is 0 Å². The zero-order valence-electron chi connectivity index (χ0n) is 12.8. The Bertz CT molecular complexity index is 608. The molecule has 1 unspecified atom stereocenters. The number of nitrogens with zero attached hydrogens (tertiary/aromatic N) is 2. The standard InChI is InChI=1S/C16H23N3O2/c1-11-12(2)18-19(13(11)3)9-15(20)10-21-16-7-5-4-6-14(16)8-17/h4-7,15,20H,8-10,17H2,1-3H3. The Morgan fingerprint density at radius 2 is 2.00 bits per heavy atom. The topological polar surface area (TPSA) is 73.3 Å². The normalized spacial score (nSPS) is 12.4. The molecule has 0 aliphatic carbocycles. The molecule has 0 amide bonds. The van der Waals surface area contributed by atoms with Crippen molar-refractivity contribution < 1.29 is 9.84 Å². The molecule has 2 aromatic rings. The Morgan fingerprint density at radius 1 is 1.29 bits per heavy atom. The Labute approximate surface area is 125 Å². The van der Waals surface area contributed by atoms with E-state index in [9.17, 15) is 5.11 Å². The molecule has 0 fully saturated rings. The summed E-state index contributed by atoms with van der Waals surface area (Å²) < 4.78 is 7.49. The fourth-order valence-corrected chi connectivity index (χ4v) is 2.22. The average Bonchev–Trinajstić information content (AvgIpc) is 2.72. The van der Waals surface area contributed by atoms with E-state index in [2.05, 4.69) is 5.10 Å². The van der Waals surface area contributed by atoms with Crippen molar-refractivity contribution in [1.29, 1.82) is 0 Å². The molecule has 0 aliphatic heterocycles. The van der Waals surface area contributed by atoms with Gasteiger partial charge < -0.3 is 15.6 Å². The number of aryl methyl sites for hydroxylation is 1. The van der Waals surface area contributed by atoms with E-state index in [0.717, 1.165) is 28.3 Å². The van der Waals surface area contributed by atoms with Crippen molar-refractivity contribution in [3.63, 3.8) is 0 Å². The summed E-state index contributed by atoms with van der Waals surface area (Å²) in [5, 5.41) is 14.6. The fraction of sp³-hybridized carbons (Fsp3) is 0.438. The molecule has 2 rings (SSSR count). The van der Waals surface area contributed by atoms with Crippen LogP contribution in [0.15, 0.2) is 24.3 Å². The summed E-state index contributed by atoms with van der Waals surface area (Å²) >= 11 is 0. The number of aromatic nitrogens is 2. The summed E-state index contributed by atoms with van der Waals surface area (Å²) in [6.07, 6.45) is -0.617. The second-order valence-corrected chi connectivity index (χ2v) is 5.25. The zero-order chi connectivity index (χ0) is 15.4. The minimum Gasteiger partial charge on any atom is -0.490 e. The number of benzene rings is 1. The van der Waals surface area contributed by atoms with Gasteiger partial charge in [0.2, 0.25) is 0 Å². The second-order valence-electron chi connectivity index (χ2n) is 5.25. The number of hydrogen-bond donors (Lipinski definition) is 2. The third-order valence-electron chi connectivity index (χ3n) is 3.75. The molecule has 1 heterocycles. The molecule has 0 saturated carbocycles. The summed E-state index contributed by atoms with van der Waals surface area (Å²) in [6.45, 7) is 7.07. The van der Waals surface area contributed by atoms with Crippen molar-refractivity contribution in [2.24, 2.45) is 5.73 Å². The predicted molar refractivity (Wildman–Crippen MR) is 82.3 cm³/mol. The smallest absolute Gasteiger partial charge is 0.123 e. The van der Waals surface area contributed by atoms with Crippen molar-refractivity contribution in [1.82, 2.24) is 9.78 Å². The molecule has 5 nitrogen and oxygen atoms in total. The van der Waals surface area contributed by atoms with Crippen LogP contribution in [-0.4, -0.2) is 27.6 Å². The van der Waals surface area contributed by atoms with Gasteiger partial charge in [-0.3, -0.25) is 4.68 Å². The third kappa shape index (κ3) is 3.62. The molecule has 1 aromatic heterocycles. The second kappa shape index (κ2) is 6.74. The van der Waals surface area contributed by atoms with Gasteiger partial charge >= 0.3 is 0 Å². The molecular formula is C16H23N3O2. The van der Waals surface area contributed by atoms with Crippen molar-refractivity contribution in [3.05, 3.63) is 46.8 Å². The lowest BCUT2D eigenvalue weighted by molar-refractivity contribution is 0.0882. The van der Waals surface area contributed by atoms with Gasteiger partial charge in [0.25, 0.3) is 0 Å². The Hall–Kier alpha value is -1.85. The van der Waals surface area contributed by atoms with Crippen molar-refractivity contribution in [2.45, 2.75) is 40.0 Å². The molecular weight excluding hydrogens is 266 g/mol. The Kier molecular flexibility index (Phi) is 4.98. The molecule has 0 saturated heterocycles. The number of para-hydroxylation sites is 1. The van der Waals surface area contributed by atoms with Gasteiger partial charge in [0.05, 0.1) is 12.2 Å². The van der Waals surface area contributed by atoms with Crippen LogP contribution in [-0.2, 0) is 13.1 Å². The van der Waals surface area contributed by atoms with E-state index in [4.69, 9.17) is 10.5 Å². The van der Waals surface area contributed by atoms with Crippen LogP contribution in [0, 0.1) is 20.8 Å². The predicted octanol–water partition coefficient (Wildman–Crippen LogP) is 1.71. The van der Waals surface area contributed by atoms with Gasteiger partial charge in [-0.05, 0) is 32.4 Å². The van der Waals surface area contributed by atoms with E-state index in [1.54, 1.807) is 0 Å². The highest BCUT2D eigenvalue weighted by molar-refractivity contribution is 5.33. The van der Waals surface area contributed by atoms with Crippen LogP contribution in [0.2, 0.25) is 0 Å². The lowest BCUT2D eigenvalue weighted by Crippen LogP contribution is -2.25. The molecule has 21 heavy (non-hydrogen) atoms. The van der Waals surface area contributed by atoms with Crippen molar-refractivity contribution in [2.75, 3.05) is 6.61 Å². The van der Waals surface area contributed by atoms with Gasteiger partial charge in [-0.25, -0.2) is 0 Å². The van der Waals surface area contributed by atoms with E-state index in [1.807, 2.05) is 49.7 Å². The summed E-state index contributed by atoms with van der Waals surface area (Å²) in [5.74, 6) is 0.726. The lowest BCUT2D eigenvalue weighted by atomic mass is 10.2. The van der Waals surface area contributed by atoms with E-state index >= 15 is 0 Å². The number of hydrogen-bond acceptors (Lipinski definition) is 4. The summed E-state index contributed by atoms with van der Waals surface area (Å²) in [4.78, 5) is 0. The molecule has 0 aliphatic rings. The van der Waals surface area contributed by atoms with Crippen LogP contribution in [0.1, 0.15) is 22.5 Å². The van der Waals surface area contributed by atoms with Gasteiger partial charge in [-0.1, -0.05) is 18.2 Å². The maximum Gasteiger partial charge on any atom is 0.123 e. The molecule has 1 aromatic carbocycles. The average molecular weight is 289 g/mol. The van der Waals surface area contributed by atoms with E-state index in [-0.39, 0.29) is 6.61 Å². The number of nitrogens with two attached hydrogens (primary N) is 1. The maximum atomic E-state index is 10.1. The fourth-order valence-electron chi connectivity index (χ4n) is 2.22. The molecule has 0 bridgehead atoms. The molecule has 3 N–H and O–H groups in total. The van der Waals surface area contributed by atoms with Crippen LogP contribution < -0.4 is 10.5 Å². The van der Waals surface area contributed by atoms with E-state index < -0.39 is 6.10 Å². The molecule has 1 atom stereocenters. The molecule has 0 spiro atoms. The first-order valence-electron chi connectivity index (χ1n) is 7.12. The first kappa shape index (κ1) is 15.5. The largest absolute Gasteiger partial charge is 0.490 e. The highest BCUT2D eigenvalue weighted by atomic mass is 16.5. The van der Waals surface area contributed by atoms with Gasteiger partial charge in [-0.15, -0.1) is 0 Å². The minimum absolute atomic E-state index is 0.217. The monoisotopic (exact) mass is 289 g/mol. The van der Waals surface area contributed by atoms with Gasteiger partial charge in [0.15, 0.2) is 0 Å². The van der Waals surface area contributed by atoms with Crippen LogP contribution in [0.25, 0.3) is 0 Å². The first-order chi connectivity index (χ1) is 10.0. The zero-order valence-corrected chi connectivity index (χ0v) is 12.8. The number of ether oxygens (including phenoxy) is 1. The number of rotatable bonds is 6. The van der Waals surface area contributed by atoms with Crippen LogP contribution in [0.4, 0.5) is 0 Å². The first-order valence-corrected chi connectivity index (χ1v) is 7.12. The highest BCUT2D eigenvalue weighted by Gasteiger charge is 2.13. The third-order valence-corrected chi connectivity index (χ3v) is 3.75. The SMILES string of the molecule is Cc1nn(CC(O)COc2ccccc2CN)c(C)c1C. The summed E-state index contributed by atoms with van der Waals surface area (Å²) in [5.41, 5.74) is 9.84. The van der Waals surface area contributed by atoms with Crippen LogP contribution >= 0.6 is 0 Å². The van der Waals surface area contributed by atoms with Crippen molar-refractivity contribution in [3.8, 4) is 5.75 Å². The molecule has 5 heteroatoms.